The van der Waals surface area contributed by atoms with Gasteiger partial charge in [-0.3, -0.25) is 0 Å². The van der Waals surface area contributed by atoms with Crippen molar-refractivity contribution in [2.24, 2.45) is 11.8 Å². The SMILES string of the molecule is C/C=C/[C@H]1O[C@@H]([C@H](/C=C/C=C(\C)C[C@H](C)/C=C(C)\C=C\[C@H](CC(CCO)S(=O)(=O)c2ccccc2)O[Si](CC)(CC)CC)O[Si](C)(C)C(C)(C)C)C[C@H](O[Si](C)(C)C(C)(C)C)[C@H]1C. The second kappa shape index (κ2) is 24.9. The van der Waals surface area contributed by atoms with Gasteiger partial charge in [0.2, 0.25) is 0 Å². The topological polar surface area (TPSA) is 91.3 Å². The summed E-state index contributed by atoms with van der Waals surface area (Å²) >= 11 is 0. The van der Waals surface area contributed by atoms with Crippen LogP contribution in [0.25, 0.3) is 0 Å². The molecule has 1 unspecified atom stereocenters. The number of allylic oxidation sites excluding steroid dienone is 7. The minimum atomic E-state index is -3.67. The maximum absolute atomic E-state index is 13.8. The van der Waals surface area contributed by atoms with E-state index in [0.717, 1.165) is 36.5 Å². The maximum atomic E-state index is 13.8. The van der Waals surface area contributed by atoms with Gasteiger partial charge in [0, 0.05) is 18.9 Å². The molecular formula is C52H92O7SSi3. The molecule has 0 radical (unpaired) electrons. The average molecular weight is 946 g/mol. The van der Waals surface area contributed by atoms with E-state index in [4.69, 9.17) is 18.0 Å². The molecule has 63 heavy (non-hydrogen) atoms. The highest BCUT2D eigenvalue weighted by Gasteiger charge is 2.47. The molecule has 2 rings (SSSR count). The van der Waals surface area contributed by atoms with E-state index in [-0.39, 0.29) is 70.4 Å². The molecule has 1 fully saturated rings. The first-order valence-electron chi connectivity index (χ1n) is 24.0. The molecule has 0 saturated carbocycles. The zero-order valence-corrected chi connectivity index (χ0v) is 46.9. The fraction of sp³-hybridized carbons (Fsp3) is 0.692. The first-order chi connectivity index (χ1) is 29.1. The van der Waals surface area contributed by atoms with E-state index >= 15 is 0 Å². The number of sulfone groups is 1. The van der Waals surface area contributed by atoms with Crippen molar-refractivity contribution in [3.63, 3.8) is 0 Å². The summed E-state index contributed by atoms with van der Waals surface area (Å²) in [5, 5.41) is 9.38. The second-order valence-corrected chi connectivity index (χ2v) is 38.0. The van der Waals surface area contributed by atoms with Crippen molar-refractivity contribution >= 4 is 34.8 Å². The molecule has 7 nitrogen and oxygen atoms in total. The van der Waals surface area contributed by atoms with Crippen molar-refractivity contribution in [2.45, 2.75) is 218 Å². The summed E-state index contributed by atoms with van der Waals surface area (Å²) in [5.41, 5.74) is 2.38. The van der Waals surface area contributed by atoms with Crippen LogP contribution < -0.4 is 0 Å². The Morgan fingerprint density at radius 2 is 1.51 bits per heavy atom. The number of hydrogen-bond acceptors (Lipinski definition) is 7. The minimum Gasteiger partial charge on any atom is -0.413 e. The summed E-state index contributed by atoms with van der Waals surface area (Å²) in [5.74, 6) is 0.503. The molecule has 1 aromatic rings. The summed E-state index contributed by atoms with van der Waals surface area (Å²) in [7, 11) is -9.95. The lowest BCUT2D eigenvalue weighted by Gasteiger charge is -2.48. The van der Waals surface area contributed by atoms with Crippen LogP contribution >= 0.6 is 0 Å². The molecule has 1 aliphatic heterocycles. The van der Waals surface area contributed by atoms with Gasteiger partial charge in [-0.1, -0.05) is 154 Å². The monoisotopic (exact) mass is 945 g/mol. The third-order valence-electron chi connectivity index (χ3n) is 14.4. The Kier molecular flexibility index (Phi) is 22.7. The van der Waals surface area contributed by atoms with Gasteiger partial charge in [-0.2, -0.15) is 0 Å². The van der Waals surface area contributed by atoms with Crippen molar-refractivity contribution in [1.82, 2.24) is 0 Å². The van der Waals surface area contributed by atoms with Crippen LogP contribution in [-0.4, -0.2) is 80.9 Å². The van der Waals surface area contributed by atoms with Crippen LogP contribution in [0, 0.1) is 11.8 Å². The Balaban J connectivity index is 2.40. The van der Waals surface area contributed by atoms with Gasteiger partial charge in [0.1, 0.15) is 0 Å². The lowest BCUT2D eigenvalue weighted by atomic mass is 9.88. The zero-order valence-electron chi connectivity index (χ0n) is 43.1. The molecule has 1 aliphatic rings. The molecule has 1 saturated heterocycles. The van der Waals surface area contributed by atoms with E-state index in [9.17, 15) is 13.5 Å². The molecule has 0 spiro atoms. The number of rotatable bonds is 24. The smallest absolute Gasteiger partial charge is 0.193 e. The molecule has 11 heteroatoms. The standard InChI is InChI=1S/C52H92O7SSi3/c1-19-27-47-43(8)49(59-62(17,18)52(12,13)14)39-50(56-47)48(58-61(15,16)51(9,10)11)31-26-28-40(5)36-42(7)37-41(6)32-33-44(57-63(20-2,21-3)22-4)38-46(34-35-53)60(54,55)45-29-24-23-25-30-45/h19,23-33,37,42-44,46-50,53H,20-22,34-36,38-39H2,1-18H3/b27-19+,31-26+,33-32+,40-28+,41-37-/t42-,43-,44+,46?,47+,48-,49-,50+/m0/s1. The molecule has 0 bridgehead atoms. The van der Waals surface area contributed by atoms with E-state index in [0.29, 0.717) is 6.42 Å². The van der Waals surface area contributed by atoms with Crippen molar-refractivity contribution in [2.75, 3.05) is 6.61 Å². The number of benzene rings is 1. The van der Waals surface area contributed by atoms with Crippen LogP contribution in [0.2, 0.25) is 54.4 Å². The fourth-order valence-electron chi connectivity index (χ4n) is 7.95. The Hall–Kier alpha value is -1.68. The van der Waals surface area contributed by atoms with Crippen molar-refractivity contribution in [1.29, 1.82) is 0 Å². The highest BCUT2D eigenvalue weighted by atomic mass is 32.2. The maximum Gasteiger partial charge on any atom is 0.193 e. The predicted molar refractivity (Wildman–Crippen MR) is 277 cm³/mol. The molecule has 1 heterocycles. The van der Waals surface area contributed by atoms with E-state index < -0.39 is 40.0 Å². The average Bonchev–Trinajstić information content (AvgIpc) is 3.19. The Morgan fingerprint density at radius 1 is 0.921 bits per heavy atom. The van der Waals surface area contributed by atoms with Gasteiger partial charge in [-0.15, -0.1) is 0 Å². The zero-order chi connectivity index (χ0) is 48.0. The van der Waals surface area contributed by atoms with Crippen molar-refractivity contribution in [3.8, 4) is 0 Å². The van der Waals surface area contributed by atoms with Gasteiger partial charge in [-0.05, 0) is 112 Å². The molecule has 0 amide bonds. The highest BCUT2D eigenvalue weighted by Crippen LogP contribution is 2.43. The largest absolute Gasteiger partial charge is 0.413 e. The van der Waals surface area contributed by atoms with Crippen LogP contribution in [-0.2, 0) is 27.9 Å². The van der Waals surface area contributed by atoms with Crippen LogP contribution in [0.5, 0.6) is 0 Å². The quantitative estimate of drug-likeness (QED) is 0.0627. The summed E-state index contributed by atoms with van der Waals surface area (Å²) in [4.78, 5) is 0.285. The minimum absolute atomic E-state index is 0.0425. The highest BCUT2D eigenvalue weighted by molar-refractivity contribution is 7.92. The number of ether oxygens (including phenoxy) is 1. The molecule has 0 aliphatic carbocycles. The van der Waals surface area contributed by atoms with E-state index in [1.54, 1.807) is 24.3 Å². The lowest BCUT2D eigenvalue weighted by molar-refractivity contribution is -0.132. The van der Waals surface area contributed by atoms with Crippen LogP contribution in [0.15, 0.2) is 95.0 Å². The number of hydrogen-bond donors (Lipinski definition) is 1. The molecular weight excluding hydrogens is 853 g/mol. The molecule has 360 valence electrons. The fourth-order valence-corrected chi connectivity index (χ4v) is 15.2. The van der Waals surface area contributed by atoms with Crippen molar-refractivity contribution in [3.05, 3.63) is 90.1 Å². The van der Waals surface area contributed by atoms with E-state index in [1.165, 1.54) is 5.57 Å². The van der Waals surface area contributed by atoms with Gasteiger partial charge in [0.25, 0.3) is 0 Å². The second-order valence-electron chi connectivity index (χ2n) is 21.5. The number of aliphatic hydroxyl groups excluding tert-OH is 1. The Morgan fingerprint density at radius 3 is 2.03 bits per heavy atom. The Bertz CT molecular complexity index is 1770. The summed E-state index contributed by atoms with van der Waals surface area (Å²) in [6, 6.07) is 11.5. The van der Waals surface area contributed by atoms with Gasteiger partial charge in [0.15, 0.2) is 34.8 Å². The predicted octanol–water partition coefficient (Wildman–Crippen LogP) is 14.2. The van der Waals surface area contributed by atoms with Gasteiger partial charge in [0.05, 0.1) is 40.7 Å². The lowest BCUT2D eigenvalue weighted by Crippen LogP contribution is -2.55. The van der Waals surface area contributed by atoms with Crippen molar-refractivity contribution < 1.29 is 31.5 Å². The normalized spacial score (nSPS) is 22.6. The summed E-state index contributed by atoms with van der Waals surface area (Å²) in [6.07, 6.45) is 18.8. The first kappa shape index (κ1) is 57.4. The third-order valence-corrected chi connectivity index (χ3v) is 30.3. The third kappa shape index (κ3) is 17.2. The summed E-state index contributed by atoms with van der Waals surface area (Å²) in [6.45, 7) is 40.4. The Labute approximate surface area is 390 Å². The molecule has 1 aromatic carbocycles. The first-order valence-corrected chi connectivity index (χ1v) is 33.9. The molecule has 0 aromatic heterocycles. The van der Waals surface area contributed by atoms with Gasteiger partial charge < -0.3 is 23.1 Å². The summed E-state index contributed by atoms with van der Waals surface area (Å²) < 4.78 is 55.9. The molecule has 1 N–H and O–H groups in total. The van der Waals surface area contributed by atoms with Crippen LogP contribution in [0.1, 0.15) is 123 Å². The van der Waals surface area contributed by atoms with Crippen LogP contribution in [0.4, 0.5) is 0 Å². The van der Waals surface area contributed by atoms with E-state index in [2.05, 4.69) is 172 Å². The number of aliphatic hydroxyl groups is 1. The van der Waals surface area contributed by atoms with Gasteiger partial charge in [-0.25, -0.2) is 8.42 Å². The van der Waals surface area contributed by atoms with E-state index in [1.807, 2.05) is 6.07 Å². The molecule has 8 atom stereocenters. The van der Waals surface area contributed by atoms with Crippen LogP contribution in [0.3, 0.4) is 0 Å². The van der Waals surface area contributed by atoms with Gasteiger partial charge >= 0.3 is 0 Å².